The minimum Gasteiger partial charge on any atom is -0.392 e. The number of para-hydroxylation sites is 1. The lowest BCUT2D eigenvalue weighted by Gasteiger charge is -2.31. The van der Waals surface area contributed by atoms with Crippen LogP contribution in [0.3, 0.4) is 0 Å². The number of carbonyl (C=O) groups is 3. The van der Waals surface area contributed by atoms with E-state index in [9.17, 15) is 19.5 Å². The van der Waals surface area contributed by atoms with Gasteiger partial charge in [0, 0.05) is 37.1 Å². The van der Waals surface area contributed by atoms with E-state index in [2.05, 4.69) is 20.9 Å². The molecule has 0 unspecified atom stereocenters. The molecule has 1 aromatic heterocycles. The van der Waals surface area contributed by atoms with Gasteiger partial charge in [0.25, 0.3) is 0 Å². The average Bonchev–Trinajstić information content (AvgIpc) is 3.63. The number of hydrogen-bond acceptors (Lipinski definition) is 8. The Kier molecular flexibility index (Phi) is 9.98. The molecule has 3 amide bonds. The SMILES string of the molecule is CNCC(=O)N1C[C@H](N)C[C@H]1C(=O)N1C[C@H](NC[C@H](O)CCc2ccccc2)C[C@H]1C(=O)Nc1cnc2ccccc2c1. The summed E-state index contributed by atoms with van der Waals surface area (Å²) < 4.78 is 0. The number of aliphatic hydroxyl groups is 1. The van der Waals surface area contributed by atoms with Crippen molar-refractivity contribution in [3.63, 3.8) is 0 Å². The lowest BCUT2D eigenvalue weighted by Crippen LogP contribution is -2.53. The number of fused-ring (bicyclic) bond motifs is 1. The Morgan fingerprint density at radius 3 is 2.58 bits per heavy atom. The molecule has 0 radical (unpaired) electrons. The van der Waals surface area contributed by atoms with Gasteiger partial charge in [0.1, 0.15) is 12.1 Å². The summed E-state index contributed by atoms with van der Waals surface area (Å²) in [7, 11) is 1.68. The Bertz CT molecular complexity index is 1420. The maximum absolute atomic E-state index is 14.0. The van der Waals surface area contributed by atoms with Crippen LogP contribution in [-0.2, 0) is 20.8 Å². The van der Waals surface area contributed by atoms with Gasteiger partial charge in [-0.25, -0.2) is 0 Å². The molecular formula is C32H41N7O4. The molecule has 2 saturated heterocycles. The Morgan fingerprint density at radius 1 is 1.02 bits per heavy atom. The number of nitrogens with two attached hydrogens (primary N) is 1. The van der Waals surface area contributed by atoms with E-state index in [1.807, 2.05) is 60.7 Å². The summed E-state index contributed by atoms with van der Waals surface area (Å²) in [4.78, 5) is 48.0. The number of aromatic nitrogens is 1. The van der Waals surface area contributed by atoms with Crippen LogP contribution in [0.2, 0.25) is 0 Å². The van der Waals surface area contributed by atoms with E-state index in [4.69, 9.17) is 5.73 Å². The first-order chi connectivity index (χ1) is 20.8. The highest BCUT2D eigenvalue weighted by atomic mass is 16.3. The standard InChI is InChI=1S/C32H41N7O4/c1-34-18-30(41)38-19-23(33)14-29(38)32(43)39-20-25(35-17-26(40)12-11-21-7-3-2-4-8-21)15-28(39)31(42)37-24-13-22-9-5-6-10-27(22)36-16-24/h2-10,13,16,23,25-26,28-29,34-35,40H,11-12,14-15,17-20,33H2,1H3,(H,37,42)/t23-,25-,26-,28+,29+/m1/s1. The van der Waals surface area contributed by atoms with Gasteiger partial charge in [-0.3, -0.25) is 19.4 Å². The van der Waals surface area contributed by atoms with Crippen molar-refractivity contribution in [3.8, 4) is 0 Å². The first kappa shape index (κ1) is 30.6. The number of likely N-dealkylation sites (N-methyl/N-ethyl adjacent to an activating group) is 1. The largest absolute Gasteiger partial charge is 0.392 e. The molecule has 5 atom stereocenters. The van der Waals surface area contributed by atoms with Gasteiger partial charge < -0.3 is 36.6 Å². The van der Waals surface area contributed by atoms with Crippen LogP contribution in [0.15, 0.2) is 66.9 Å². The van der Waals surface area contributed by atoms with Gasteiger partial charge in [0.15, 0.2) is 0 Å². The Morgan fingerprint density at radius 2 is 1.79 bits per heavy atom. The third-order valence-electron chi connectivity index (χ3n) is 8.26. The van der Waals surface area contributed by atoms with Gasteiger partial charge in [-0.2, -0.15) is 0 Å². The highest BCUT2D eigenvalue weighted by Gasteiger charge is 2.46. The summed E-state index contributed by atoms with van der Waals surface area (Å²) in [5, 5.41) is 20.7. The molecule has 3 aromatic rings. The van der Waals surface area contributed by atoms with Crippen molar-refractivity contribution in [2.45, 2.75) is 56.0 Å². The van der Waals surface area contributed by atoms with Crippen molar-refractivity contribution in [2.75, 3.05) is 38.5 Å². The summed E-state index contributed by atoms with van der Waals surface area (Å²) in [6, 6.07) is 17.5. The molecule has 2 aliphatic rings. The zero-order valence-corrected chi connectivity index (χ0v) is 24.5. The second-order valence-corrected chi connectivity index (χ2v) is 11.5. The molecule has 3 heterocycles. The number of benzene rings is 2. The number of aryl methyl sites for hydroxylation is 1. The van der Waals surface area contributed by atoms with E-state index in [1.54, 1.807) is 18.1 Å². The summed E-state index contributed by atoms with van der Waals surface area (Å²) in [5.74, 6) is -0.815. The molecule has 2 aromatic carbocycles. The van der Waals surface area contributed by atoms with Crippen LogP contribution in [-0.4, -0.2) is 101 Å². The van der Waals surface area contributed by atoms with Crippen molar-refractivity contribution >= 4 is 34.3 Å². The number of carbonyl (C=O) groups excluding carboxylic acids is 3. The second-order valence-electron chi connectivity index (χ2n) is 11.5. The van der Waals surface area contributed by atoms with Gasteiger partial charge >= 0.3 is 0 Å². The van der Waals surface area contributed by atoms with Gasteiger partial charge in [-0.05, 0) is 50.4 Å². The molecule has 0 spiro atoms. The van der Waals surface area contributed by atoms with Crippen molar-refractivity contribution < 1.29 is 19.5 Å². The normalized spacial score (nSPS) is 22.6. The highest BCUT2D eigenvalue weighted by Crippen LogP contribution is 2.26. The first-order valence-electron chi connectivity index (χ1n) is 14.9. The van der Waals surface area contributed by atoms with E-state index in [0.717, 1.165) is 22.9 Å². The molecule has 2 aliphatic heterocycles. The van der Waals surface area contributed by atoms with Crippen LogP contribution in [0.1, 0.15) is 24.8 Å². The van der Waals surface area contributed by atoms with Crippen LogP contribution in [0.4, 0.5) is 5.69 Å². The van der Waals surface area contributed by atoms with Crippen LogP contribution in [0.5, 0.6) is 0 Å². The number of nitrogens with zero attached hydrogens (tertiary/aromatic N) is 3. The molecule has 5 rings (SSSR count). The molecule has 11 nitrogen and oxygen atoms in total. The number of rotatable bonds is 11. The fourth-order valence-corrected chi connectivity index (χ4v) is 6.05. The Labute approximate surface area is 251 Å². The maximum Gasteiger partial charge on any atom is 0.247 e. The Balaban J connectivity index is 1.29. The van der Waals surface area contributed by atoms with E-state index in [-0.39, 0.29) is 42.9 Å². The molecule has 0 bridgehead atoms. The van der Waals surface area contributed by atoms with E-state index in [0.29, 0.717) is 38.0 Å². The van der Waals surface area contributed by atoms with Gasteiger partial charge in [-0.15, -0.1) is 0 Å². The Hall–Kier alpha value is -3.90. The van der Waals surface area contributed by atoms with E-state index in [1.165, 1.54) is 4.90 Å². The monoisotopic (exact) mass is 587 g/mol. The van der Waals surface area contributed by atoms with Crippen LogP contribution < -0.4 is 21.7 Å². The number of nitrogens with one attached hydrogen (secondary N) is 3. The second kappa shape index (κ2) is 14.0. The minimum absolute atomic E-state index is 0.0976. The molecule has 0 saturated carbocycles. The number of pyridine rings is 1. The summed E-state index contributed by atoms with van der Waals surface area (Å²) in [6.07, 6.45) is 3.07. The fourth-order valence-electron chi connectivity index (χ4n) is 6.05. The molecule has 0 aliphatic carbocycles. The van der Waals surface area contributed by atoms with Crippen molar-refractivity contribution in [1.29, 1.82) is 0 Å². The average molecular weight is 588 g/mol. The number of aliphatic hydroxyl groups excluding tert-OH is 1. The van der Waals surface area contributed by atoms with Gasteiger partial charge in [-0.1, -0.05) is 48.5 Å². The molecule has 228 valence electrons. The van der Waals surface area contributed by atoms with Crippen LogP contribution in [0, 0.1) is 0 Å². The quantitative estimate of drug-likeness (QED) is 0.222. The molecule has 11 heteroatoms. The summed E-state index contributed by atoms with van der Waals surface area (Å²) in [5.41, 5.74) is 8.71. The van der Waals surface area contributed by atoms with Gasteiger partial charge in [0.05, 0.1) is 30.0 Å². The zero-order valence-electron chi connectivity index (χ0n) is 24.5. The highest BCUT2D eigenvalue weighted by molar-refractivity contribution is 6.00. The van der Waals surface area contributed by atoms with Crippen LogP contribution in [0.25, 0.3) is 10.9 Å². The molecule has 6 N–H and O–H groups in total. The smallest absolute Gasteiger partial charge is 0.247 e. The third-order valence-corrected chi connectivity index (χ3v) is 8.26. The number of likely N-dealkylation sites (tertiary alicyclic amines) is 2. The predicted molar refractivity (Wildman–Crippen MR) is 165 cm³/mol. The summed E-state index contributed by atoms with van der Waals surface area (Å²) >= 11 is 0. The molecular weight excluding hydrogens is 546 g/mol. The zero-order chi connectivity index (χ0) is 30.3. The van der Waals surface area contributed by atoms with E-state index >= 15 is 0 Å². The first-order valence-corrected chi connectivity index (χ1v) is 14.9. The molecule has 2 fully saturated rings. The van der Waals surface area contributed by atoms with Crippen LogP contribution >= 0.6 is 0 Å². The van der Waals surface area contributed by atoms with E-state index < -0.39 is 18.2 Å². The van der Waals surface area contributed by atoms with Crippen molar-refractivity contribution in [1.82, 2.24) is 25.4 Å². The predicted octanol–water partition coefficient (Wildman–Crippen LogP) is 0.874. The maximum atomic E-state index is 14.0. The fraction of sp³-hybridized carbons (Fsp3) is 0.438. The van der Waals surface area contributed by atoms with Gasteiger partial charge in [0.2, 0.25) is 17.7 Å². The lowest BCUT2D eigenvalue weighted by molar-refractivity contribution is -0.145. The number of hydrogen-bond donors (Lipinski definition) is 5. The molecule has 43 heavy (non-hydrogen) atoms. The number of anilines is 1. The third kappa shape index (κ3) is 7.55. The lowest BCUT2D eigenvalue weighted by atomic mass is 10.1. The number of amides is 3. The summed E-state index contributed by atoms with van der Waals surface area (Å²) in [6.45, 7) is 1.00. The minimum atomic E-state index is -0.768. The van der Waals surface area contributed by atoms with Crippen molar-refractivity contribution in [3.05, 3.63) is 72.4 Å². The van der Waals surface area contributed by atoms with Crippen molar-refractivity contribution in [2.24, 2.45) is 5.73 Å². The topological polar surface area (TPSA) is 153 Å².